The van der Waals surface area contributed by atoms with E-state index >= 15 is 0 Å². The third kappa shape index (κ3) is 2.95. The molecule has 2 rings (SSSR count). The monoisotopic (exact) mass is 237 g/mol. The second-order valence-electron chi connectivity index (χ2n) is 4.03. The van der Waals surface area contributed by atoms with Gasteiger partial charge < -0.3 is 19.8 Å². The summed E-state index contributed by atoms with van der Waals surface area (Å²) >= 11 is 0. The second-order valence-corrected chi connectivity index (χ2v) is 4.03. The number of hydrogen-bond acceptors (Lipinski definition) is 4. The largest absolute Gasteiger partial charge is 0.441 e. The zero-order valence-electron chi connectivity index (χ0n) is 9.32. The second kappa shape index (κ2) is 5.16. The van der Waals surface area contributed by atoms with Crippen LogP contribution in [0.3, 0.4) is 0 Å². The summed E-state index contributed by atoms with van der Waals surface area (Å²) in [5.41, 5.74) is 1.02. The quantitative estimate of drug-likeness (QED) is 0.759. The molecule has 92 valence electrons. The summed E-state index contributed by atoms with van der Waals surface area (Å²) < 4.78 is 4.92. The van der Waals surface area contributed by atoms with Crippen LogP contribution in [0.1, 0.15) is 12.0 Å². The van der Waals surface area contributed by atoms with Crippen LogP contribution in [0, 0.1) is 0 Å². The lowest BCUT2D eigenvalue weighted by atomic mass is 10.1. The maximum absolute atomic E-state index is 11.6. The Labute approximate surface area is 99.2 Å². The van der Waals surface area contributed by atoms with E-state index in [0.29, 0.717) is 19.5 Å². The number of rotatable bonds is 3. The minimum absolute atomic E-state index is 0.427. The van der Waals surface area contributed by atoms with Gasteiger partial charge in [0.2, 0.25) is 0 Å². The van der Waals surface area contributed by atoms with E-state index in [1.807, 2.05) is 30.3 Å². The topological polar surface area (TPSA) is 70.0 Å². The Bertz CT molecular complexity index is 379. The predicted molar refractivity (Wildman–Crippen MR) is 60.0 cm³/mol. The van der Waals surface area contributed by atoms with E-state index in [0.717, 1.165) is 5.56 Å². The summed E-state index contributed by atoms with van der Waals surface area (Å²) in [6.07, 6.45) is -2.48. The van der Waals surface area contributed by atoms with Gasteiger partial charge in [0.25, 0.3) is 0 Å². The van der Waals surface area contributed by atoms with Gasteiger partial charge in [-0.05, 0) is 5.56 Å². The Kier molecular flexibility index (Phi) is 3.61. The molecule has 1 aromatic carbocycles. The number of aliphatic hydroxyl groups excluding tert-OH is 1. The molecular weight excluding hydrogens is 222 g/mol. The van der Waals surface area contributed by atoms with Gasteiger partial charge in [0, 0.05) is 19.5 Å². The number of carbonyl (C=O) groups excluding carboxylic acids is 1. The zero-order chi connectivity index (χ0) is 12.3. The average Bonchev–Trinajstić information content (AvgIpc) is 2.33. The van der Waals surface area contributed by atoms with E-state index in [4.69, 9.17) is 14.9 Å². The Morgan fingerprint density at radius 1 is 1.35 bits per heavy atom. The van der Waals surface area contributed by atoms with Crippen molar-refractivity contribution in [3.8, 4) is 0 Å². The van der Waals surface area contributed by atoms with Gasteiger partial charge in [0.1, 0.15) is 0 Å². The van der Waals surface area contributed by atoms with Crippen LogP contribution < -0.4 is 0 Å². The lowest BCUT2D eigenvalue weighted by Gasteiger charge is -2.32. The van der Waals surface area contributed by atoms with Crippen molar-refractivity contribution in [2.24, 2.45) is 0 Å². The third-order valence-corrected chi connectivity index (χ3v) is 2.74. The summed E-state index contributed by atoms with van der Waals surface area (Å²) in [6, 6.07) is 9.59. The van der Waals surface area contributed by atoms with Gasteiger partial charge in [-0.15, -0.1) is 0 Å². The van der Waals surface area contributed by atoms with Crippen molar-refractivity contribution in [1.82, 2.24) is 4.90 Å². The minimum atomic E-state index is -1.60. The van der Waals surface area contributed by atoms with Crippen molar-refractivity contribution >= 4 is 6.09 Å². The summed E-state index contributed by atoms with van der Waals surface area (Å²) in [5.74, 6) is 0. The molecule has 17 heavy (non-hydrogen) atoms. The van der Waals surface area contributed by atoms with Crippen molar-refractivity contribution < 1.29 is 19.7 Å². The van der Waals surface area contributed by atoms with Crippen LogP contribution in [-0.4, -0.2) is 40.1 Å². The first-order chi connectivity index (χ1) is 8.16. The number of benzene rings is 1. The van der Waals surface area contributed by atoms with Crippen LogP contribution in [0.4, 0.5) is 4.79 Å². The lowest BCUT2D eigenvalue weighted by Crippen LogP contribution is -2.45. The molecule has 1 aliphatic heterocycles. The van der Waals surface area contributed by atoms with Crippen LogP contribution in [0.5, 0.6) is 0 Å². The molecule has 0 saturated carbocycles. The predicted octanol–water partition coefficient (Wildman–Crippen LogP) is 0.708. The highest BCUT2D eigenvalue weighted by Crippen LogP contribution is 2.16. The molecule has 1 heterocycles. The van der Waals surface area contributed by atoms with Crippen LogP contribution in [0.15, 0.2) is 30.3 Å². The maximum atomic E-state index is 11.6. The summed E-state index contributed by atoms with van der Waals surface area (Å²) in [5, 5.41) is 17.9. The maximum Gasteiger partial charge on any atom is 0.410 e. The number of nitrogens with zero attached hydrogens (tertiary/aromatic N) is 1. The molecule has 1 saturated heterocycles. The summed E-state index contributed by atoms with van der Waals surface area (Å²) in [6.45, 7) is 0.948. The van der Waals surface area contributed by atoms with E-state index in [1.54, 1.807) is 4.90 Å². The molecule has 0 spiro atoms. The first kappa shape index (κ1) is 11.9. The molecule has 1 fully saturated rings. The number of ether oxygens (including phenoxy) is 1. The van der Waals surface area contributed by atoms with E-state index < -0.39 is 18.5 Å². The molecule has 0 bridgehead atoms. The molecule has 0 radical (unpaired) electrons. The molecule has 5 nitrogen and oxygen atoms in total. The number of carbonyl (C=O) groups is 1. The van der Waals surface area contributed by atoms with Crippen LogP contribution in [0.25, 0.3) is 0 Å². The highest BCUT2D eigenvalue weighted by Gasteiger charge is 2.30. The van der Waals surface area contributed by atoms with E-state index in [1.165, 1.54) is 0 Å². The molecule has 1 amide bonds. The van der Waals surface area contributed by atoms with E-state index in [9.17, 15) is 4.79 Å². The number of cyclic esters (lactones) is 1. The zero-order valence-corrected chi connectivity index (χ0v) is 9.32. The standard InChI is InChI=1S/C12H15NO4/c14-11(15)10-6-7-13(12(16)17-10)8-9-4-2-1-3-5-9/h1-5,10-11,14-15H,6-8H2/t10-/m0/s1. The number of amides is 1. The van der Waals surface area contributed by atoms with Crippen LogP contribution in [-0.2, 0) is 11.3 Å². The van der Waals surface area contributed by atoms with Crippen LogP contribution in [0.2, 0.25) is 0 Å². The lowest BCUT2D eigenvalue weighted by molar-refractivity contribution is -0.141. The van der Waals surface area contributed by atoms with Gasteiger partial charge in [-0.2, -0.15) is 0 Å². The van der Waals surface area contributed by atoms with Crippen molar-refractivity contribution in [3.05, 3.63) is 35.9 Å². The molecular formula is C12H15NO4. The molecule has 0 aliphatic carbocycles. The molecule has 1 atom stereocenters. The highest BCUT2D eigenvalue weighted by molar-refractivity contribution is 5.68. The first-order valence-electron chi connectivity index (χ1n) is 5.52. The van der Waals surface area contributed by atoms with Crippen LogP contribution >= 0.6 is 0 Å². The molecule has 2 N–H and O–H groups in total. The highest BCUT2D eigenvalue weighted by atomic mass is 16.6. The fourth-order valence-electron chi connectivity index (χ4n) is 1.79. The van der Waals surface area contributed by atoms with Crippen molar-refractivity contribution in [2.75, 3.05) is 6.54 Å². The van der Waals surface area contributed by atoms with Gasteiger partial charge in [0.05, 0.1) is 0 Å². The Hall–Kier alpha value is -1.59. The average molecular weight is 237 g/mol. The van der Waals surface area contributed by atoms with Gasteiger partial charge in [-0.1, -0.05) is 30.3 Å². The Morgan fingerprint density at radius 2 is 2.06 bits per heavy atom. The molecule has 1 aromatic rings. The van der Waals surface area contributed by atoms with Crippen molar-refractivity contribution in [2.45, 2.75) is 25.4 Å². The minimum Gasteiger partial charge on any atom is -0.441 e. The summed E-state index contributed by atoms with van der Waals surface area (Å²) in [7, 11) is 0. The van der Waals surface area contributed by atoms with Gasteiger partial charge in [-0.25, -0.2) is 4.79 Å². The van der Waals surface area contributed by atoms with Gasteiger partial charge >= 0.3 is 6.09 Å². The fraction of sp³-hybridized carbons (Fsp3) is 0.417. The number of aliphatic hydroxyl groups is 2. The molecule has 5 heteroatoms. The third-order valence-electron chi connectivity index (χ3n) is 2.74. The molecule has 0 unspecified atom stereocenters. The van der Waals surface area contributed by atoms with Gasteiger partial charge in [0.15, 0.2) is 12.4 Å². The first-order valence-corrected chi connectivity index (χ1v) is 5.52. The van der Waals surface area contributed by atoms with E-state index in [-0.39, 0.29) is 0 Å². The van der Waals surface area contributed by atoms with Gasteiger partial charge in [-0.3, -0.25) is 0 Å². The Balaban J connectivity index is 1.94. The molecule has 1 aliphatic rings. The smallest absolute Gasteiger partial charge is 0.410 e. The van der Waals surface area contributed by atoms with Crippen molar-refractivity contribution in [3.63, 3.8) is 0 Å². The normalized spacial score (nSPS) is 20.5. The Morgan fingerprint density at radius 3 is 2.65 bits per heavy atom. The SMILES string of the molecule is O=C1O[C@H](C(O)O)CCN1Cc1ccccc1. The summed E-state index contributed by atoms with van der Waals surface area (Å²) in [4.78, 5) is 13.1. The molecule has 0 aromatic heterocycles. The van der Waals surface area contributed by atoms with E-state index in [2.05, 4.69) is 0 Å². The van der Waals surface area contributed by atoms with Crippen molar-refractivity contribution in [1.29, 1.82) is 0 Å². The fourth-order valence-corrected chi connectivity index (χ4v) is 1.79. The number of hydrogen-bond donors (Lipinski definition) is 2.